The summed E-state index contributed by atoms with van der Waals surface area (Å²) in [5.74, 6) is 2.75. The van der Waals surface area contributed by atoms with Crippen LogP contribution in [0.4, 0.5) is 0 Å². The van der Waals surface area contributed by atoms with Gasteiger partial charge in [-0.1, -0.05) is 164 Å². The molecule has 0 rings (SSSR count). The van der Waals surface area contributed by atoms with E-state index in [9.17, 15) is 0 Å². The van der Waals surface area contributed by atoms with Gasteiger partial charge in [0, 0.05) is 11.5 Å². The maximum Gasteiger partial charge on any atom is 0.00369 e. The summed E-state index contributed by atoms with van der Waals surface area (Å²) in [5.41, 5.74) is 0. The summed E-state index contributed by atoms with van der Waals surface area (Å²) in [6.07, 6.45) is 32.1. The third-order valence-corrected chi connectivity index (χ3v) is 8.32. The molecule has 0 bridgehead atoms. The van der Waals surface area contributed by atoms with Crippen molar-refractivity contribution in [3.8, 4) is 0 Å². The smallest absolute Gasteiger partial charge is 0.00369 e. The normalized spacial score (nSPS) is 11.4. The van der Waals surface area contributed by atoms with E-state index < -0.39 is 0 Å². The molecule has 0 aromatic heterocycles. The minimum Gasteiger partial charge on any atom is -0.0942 e. The first-order valence-corrected chi connectivity index (χ1v) is 15.6. The van der Waals surface area contributed by atoms with Crippen LogP contribution in [0.25, 0.3) is 0 Å². The van der Waals surface area contributed by atoms with Gasteiger partial charge in [0.2, 0.25) is 0 Å². The number of unbranched alkanes of at least 4 members (excludes halogenated alkanes) is 20. The van der Waals surface area contributed by atoms with Crippen LogP contribution < -0.4 is 0 Å². The van der Waals surface area contributed by atoms with Crippen LogP contribution in [0.2, 0.25) is 0 Å². The molecule has 2 heteroatoms. The molecule has 0 fully saturated rings. The molecule has 0 nitrogen and oxygen atoms in total. The zero-order chi connectivity index (χ0) is 20.4. The Bertz CT molecular complexity index is 229. The summed E-state index contributed by atoms with van der Waals surface area (Å²) in [5, 5.41) is 0. The lowest BCUT2D eigenvalue weighted by Gasteiger charge is -2.04. The van der Waals surface area contributed by atoms with Crippen LogP contribution in [0.15, 0.2) is 0 Å². The van der Waals surface area contributed by atoms with Crippen LogP contribution in [0, 0.1) is 0 Å². The zero-order valence-corrected chi connectivity index (χ0v) is 21.4. The van der Waals surface area contributed by atoms with E-state index in [0.717, 1.165) is 0 Å². The average molecular weight is 431 g/mol. The Morgan fingerprint density at radius 2 is 0.500 bits per heavy atom. The quantitative estimate of drug-likeness (QED) is 0.104. The predicted molar refractivity (Wildman–Crippen MR) is 138 cm³/mol. The third kappa shape index (κ3) is 26.7. The molecule has 0 aliphatic carbocycles. The van der Waals surface area contributed by atoms with Crippen molar-refractivity contribution in [1.29, 1.82) is 0 Å². The van der Waals surface area contributed by atoms with Crippen LogP contribution in [0.1, 0.15) is 155 Å². The number of rotatable bonds is 25. The number of hydrogen-bond donors (Lipinski definition) is 0. The summed E-state index contributed by atoms with van der Waals surface area (Å²) in [4.78, 5) is 0. The van der Waals surface area contributed by atoms with Crippen molar-refractivity contribution in [3.05, 3.63) is 0 Å². The topological polar surface area (TPSA) is 0 Å². The van der Waals surface area contributed by atoms with Gasteiger partial charge in [-0.15, -0.1) is 0 Å². The van der Waals surface area contributed by atoms with Crippen molar-refractivity contribution in [2.45, 2.75) is 155 Å². The molecule has 0 N–H and O–H groups in total. The first-order chi connectivity index (χ1) is 13.9. The van der Waals surface area contributed by atoms with E-state index in [4.69, 9.17) is 0 Å². The van der Waals surface area contributed by atoms with E-state index in [1.165, 1.54) is 153 Å². The maximum atomic E-state index is 2.30. The van der Waals surface area contributed by atoms with Gasteiger partial charge in [0.25, 0.3) is 0 Å². The minimum absolute atomic E-state index is 1.37. The lowest BCUT2D eigenvalue weighted by Crippen LogP contribution is -1.84. The van der Waals surface area contributed by atoms with Gasteiger partial charge in [0.05, 0.1) is 0 Å². The van der Waals surface area contributed by atoms with Crippen molar-refractivity contribution in [1.82, 2.24) is 0 Å². The second-order valence-corrected chi connectivity index (χ2v) is 11.4. The van der Waals surface area contributed by atoms with Crippen molar-refractivity contribution in [2.75, 3.05) is 11.5 Å². The summed E-state index contributed by atoms with van der Waals surface area (Å²) in [6.45, 7) is 4.60. The van der Waals surface area contributed by atoms with E-state index in [1.54, 1.807) is 0 Å². The molecule has 0 saturated carbocycles. The van der Waals surface area contributed by atoms with Crippen LogP contribution in [-0.4, -0.2) is 11.5 Å². The van der Waals surface area contributed by atoms with Crippen LogP contribution in [0.3, 0.4) is 0 Å². The zero-order valence-electron chi connectivity index (χ0n) is 19.8. The Morgan fingerprint density at radius 1 is 0.286 bits per heavy atom. The van der Waals surface area contributed by atoms with Crippen molar-refractivity contribution < 1.29 is 0 Å². The summed E-state index contributed by atoms with van der Waals surface area (Å²) in [6, 6.07) is 0. The molecule has 170 valence electrons. The molecule has 0 radical (unpaired) electrons. The van der Waals surface area contributed by atoms with Crippen molar-refractivity contribution in [3.63, 3.8) is 0 Å². The highest BCUT2D eigenvalue weighted by Gasteiger charge is 1.96. The average Bonchev–Trinajstić information content (AvgIpc) is 2.71. The SMILES string of the molecule is CCCCCCCCCCCCCSSCCCCCCCCCCCCC. The molecule has 0 amide bonds. The second kappa shape index (κ2) is 27.7. The fraction of sp³-hybridized carbons (Fsp3) is 1.00. The number of hydrogen-bond acceptors (Lipinski definition) is 2. The minimum atomic E-state index is 1.37. The van der Waals surface area contributed by atoms with Gasteiger partial charge in [-0.25, -0.2) is 0 Å². The van der Waals surface area contributed by atoms with Gasteiger partial charge in [0.15, 0.2) is 0 Å². The summed E-state index contributed by atoms with van der Waals surface area (Å²) >= 11 is 0. The fourth-order valence-corrected chi connectivity index (χ4v) is 6.06. The lowest BCUT2D eigenvalue weighted by molar-refractivity contribution is 0.555. The van der Waals surface area contributed by atoms with Crippen molar-refractivity contribution >= 4 is 21.6 Å². The van der Waals surface area contributed by atoms with E-state index in [2.05, 4.69) is 35.4 Å². The monoisotopic (exact) mass is 430 g/mol. The molecule has 0 aromatic carbocycles. The van der Waals surface area contributed by atoms with E-state index in [0.29, 0.717) is 0 Å². The van der Waals surface area contributed by atoms with Crippen LogP contribution in [-0.2, 0) is 0 Å². The Balaban J connectivity index is 2.96. The second-order valence-electron chi connectivity index (χ2n) is 8.72. The molecule has 0 aliphatic heterocycles. The Hall–Kier alpha value is 0.700. The fourth-order valence-electron chi connectivity index (χ4n) is 3.77. The summed E-state index contributed by atoms with van der Waals surface area (Å²) < 4.78 is 0. The summed E-state index contributed by atoms with van der Waals surface area (Å²) in [7, 11) is 4.26. The Labute approximate surface area is 188 Å². The molecule has 0 aliphatic rings. The van der Waals surface area contributed by atoms with Gasteiger partial charge < -0.3 is 0 Å². The third-order valence-electron chi connectivity index (χ3n) is 5.75. The molecule has 0 unspecified atom stereocenters. The van der Waals surface area contributed by atoms with Crippen LogP contribution in [0.5, 0.6) is 0 Å². The molecular weight excluding hydrogens is 376 g/mol. The van der Waals surface area contributed by atoms with Gasteiger partial charge in [0.1, 0.15) is 0 Å². The van der Waals surface area contributed by atoms with Gasteiger partial charge >= 0.3 is 0 Å². The van der Waals surface area contributed by atoms with Gasteiger partial charge in [-0.05, 0) is 12.8 Å². The van der Waals surface area contributed by atoms with E-state index in [-0.39, 0.29) is 0 Å². The standard InChI is InChI=1S/C26H54S2/c1-3-5-7-9-11-13-15-17-19-21-23-25-27-28-26-24-22-20-18-16-14-12-10-8-6-4-2/h3-26H2,1-2H3. The Kier molecular flexibility index (Phi) is 28.4. The molecule has 0 atom stereocenters. The van der Waals surface area contributed by atoms with Gasteiger partial charge in [-0.3, -0.25) is 0 Å². The molecule has 0 saturated heterocycles. The molecule has 0 heterocycles. The molecule has 0 spiro atoms. The molecule has 0 aromatic rings. The lowest BCUT2D eigenvalue weighted by atomic mass is 10.1. The van der Waals surface area contributed by atoms with Crippen LogP contribution >= 0.6 is 21.6 Å². The maximum absolute atomic E-state index is 2.30. The largest absolute Gasteiger partial charge is 0.0942 e. The van der Waals surface area contributed by atoms with E-state index in [1.807, 2.05) is 0 Å². The predicted octanol–water partition coefficient (Wildman–Crippen LogP) is 11.0. The van der Waals surface area contributed by atoms with Gasteiger partial charge in [-0.2, -0.15) is 0 Å². The highest BCUT2D eigenvalue weighted by molar-refractivity contribution is 8.76. The van der Waals surface area contributed by atoms with Crippen molar-refractivity contribution in [2.24, 2.45) is 0 Å². The van der Waals surface area contributed by atoms with E-state index >= 15 is 0 Å². The molecule has 28 heavy (non-hydrogen) atoms. The molecular formula is C26H54S2. The highest BCUT2D eigenvalue weighted by Crippen LogP contribution is 2.25. The Morgan fingerprint density at radius 3 is 0.750 bits per heavy atom. The first-order valence-electron chi connectivity index (χ1n) is 13.2. The first kappa shape index (κ1) is 28.7. The highest BCUT2D eigenvalue weighted by atomic mass is 33.1.